The van der Waals surface area contributed by atoms with E-state index in [0.717, 1.165) is 116 Å². The predicted octanol–water partition coefficient (Wildman–Crippen LogP) is 1.50. The second kappa shape index (κ2) is 44.6. The van der Waals surface area contributed by atoms with Crippen molar-refractivity contribution in [2.24, 2.45) is 0 Å². The van der Waals surface area contributed by atoms with E-state index in [2.05, 4.69) is 38.2 Å². The fourth-order valence-corrected chi connectivity index (χ4v) is 4.72. The number of aliphatic carboxylic acids is 2. The van der Waals surface area contributed by atoms with Crippen molar-refractivity contribution in [3.05, 3.63) is 24.3 Å². The Bertz CT molecular complexity index is 588. The van der Waals surface area contributed by atoms with Crippen molar-refractivity contribution in [3.63, 3.8) is 0 Å². The number of carbonyl (C=O) groups excluding carboxylic acids is 2. The molecule has 0 aromatic rings. The van der Waals surface area contributed by atoms with Gasteiger partial charge in [-0.1, -0.05) is 128 Å². The quantitative estimate of drug-likeness (QED) is 0.0678. The Balaban J connectivity index is -0.000000348. The van der Waals surface area contributed by atoms with E-state index in [-0.39, 0.29) is 128 Å². The molecular weight excluding hydrogens is 607 g/mol. The monoisotopic (exact) mass is 672 g/mol. The molecule has 0 aromatic heterocycles. The minimum absolute atomic E-state index is 0. The van der Waals surface area contributed by atoms with Gasteiger partial charge in [0.05, 0.1) is 12.2 Å². The first-order valence-corrected chi connectivity index (χ1v) is 17.4. The van der Waals surface area contributed by atoms with E-state index in [9.17, 15) is 30.0 Å². The van der Waals surface area contributed by atoms with Crippen molar-refractivity contribution in [1.82, 2.24) is 0 Å². The minimum atomic E-state index is -0.939. The van der Waals surface area contributed by atoms with Crippen LogP contribution in [0.1, 0.15) is 181 Å². The fourth-order valence-electron chi connectivity index (χ4n) is 4.72. The van der Waals surface area contributed by atoms with Crippen molar-refractivity contribution >= 4 is 11.9 Å². The molecule has 8 heteroatoms. The first-order chi connectivity index (χ1) is 20.3. The maximum Gasteiger partial charge on any atom is 1.00 e. The van der Waals surface area contributed by atoms with Crippen LogP contribution in [-0.4, -0.2) is 34.4 Å². The molecule has 2 atom stereocenters. The number of aliphatic hydroxyl groups is 2. The van der Waals surface area contributed by atoms with Crippen LogP contribution in [0.25, 0.3) is 0 Å². The van der Waals surface area contributed by atoms with Gasteiger partial charge in [-0.15, -0.1) is 0 Å². The summed E-state index contributed by atoms with van der Waals surface area (Å²) in [4.78, 5) is 20.4. The Hall–Kier alpha value is 1.61. The SMILES string of the molecule is CCCCCCC(O)C/C=C\CCCCCCCC(=O)[O-].CCCCCCC(O)C/C=C\CCCCCCCC(=O)[O-].[K+].[K+]. The maximum atomic E-state index is 10.2. The molecule has 0 aliphatic heterocycles. The Labute approximate surface area is 356 Å². The molecule has 0 aliphatic carbocycles. The molecule has 44 heavy (non-hydrogen) atoms. The van der Waals surface area contributed by atoms with E-state index in [0.29, 0.717) is 0 Å². The van der Waals surface area contributed by atoms with E-state index in [1.165, 1.54) is 38.5 Å². The summed E-state index contributed by atoms with van der Waals surface area (Å²) in [6.07, 6.45) is 34.0. The van der Waals surface area contributed by atoms with Gasteiger partial charge >= 0.3 is 103 Å². The molecule has 0 saturated carbocycles. The summed E-state index contributed by atoms with van der Waals surface area (Å²) >= 11 is 0. The van der Waals surface area contributed by atoms with E-state index in [1.54, 1.807) is 0 Å². The second-order valence-electron chi connectivity index (χ2n) is 11.8. The molecule has 0 saturated heterocycles. The summed E-state index contributed by atoms with van der Waals surface area (Å²) in [7, 11) is 0. The summed E-state index contributed by atoms with van der Waals surface area (Å²) in [6.45, 7) is 4.39. The van der Waals surface area contributed by atoms with Crippen molar-refractivity contribution in [2.45, 2.75) is 193 Å². The van der Waals surface area contributed by atoms with Crippen molar-refractivity contribution in [3.8, 4) is 0 Å². The van der Waals surface area contributed by atoms with Gasteiger partial charge in [0.1, 0.15) is 0 Å². The van der Waals surface area contributed by atoms with Gasteiger partial charge in [0.2, 0.25) is 0 Å². The number of unbranched alkanes of at least 4 members (excludes halogenated alkanes) is 16. The fraction of sp³-hybridized carbons (Fsp3) is 0.833. The van der Waals surface area contributed by atoms with Crippen molar-refractivity contribution in [2.75, 3.05) is 0 Å². The van der Waals surface area contributed by atoms with Crippen LogP contribution in [0.3, 0.4) is 0 Å². The molecule has 0 aromatic carbocycles. The first kappa shape index (κ1) is 52.4. The van der Waals surface area contributed by atoms with E-state index < -0.39 is 11.9 Å². The van der Waals surface area contributed by atoms with Crippen LogP contribution in [-0.2, 0) is 9.59 Å². The number of carbonyl (C=O) groups is 2. The summed E-state index contributed by atoms with van der Waals surface area (Å²) in [5.74, 6) is -1.88. The van der Waals surface area contributed by atoms with Crippen LogP contribution in [0.4, 0.5) is 0 Å². The van der Waals surface area contributed by atoms with Gasteiger partial charge in [0.25, 0.3) is 0 Å². The van der Waals surface area contributed by atoms with E-state index in [1.807, 2.05) is 0 Å². The van der Waals surface area contributed by atoms with Gasteiger partial charge in [-0.05, 0) is 77.0 Å². The molecule has 0 amide bonds. The number of allylic oxidation sites excluding steroid dienone is 2. The zero-order chi connectivity index (χ0) is 31.5. The number of carboxylic acid groups (broad SMARTS) is 2. The van der Waals surface area contributed by atoms with Gasteiger partial charge in [-0.3, -0.25) is 0 Å². The molecule has 248 valence electrons. The molecule has 0 fully saturated rings. The third-order valence-electron chi connectivity index (χ3n) is 7.43. The molecule has 0 rings (SSSR count). The molecule has 6 nitrogen and oxygen atoms in total. The van der Waals surface area contributed by atoms with Crippen LogP contribution in [0.2, 0.25) is 0 Å². The van der Waals surface area contributed by atoms with Crippen LogP contribution in [0, 0.1) is 0 Å². The zero-order valence-corrected chi connectivity index (χ0v) is 35.6. The van der Waals surface area contributed by atoms with Crippen LogP contribution in [0.5, 0.6) is 0 Å². The Morgan fingerprint density at radius 1 is 0.500 bits per heavy atom. The summed E-state index contributed by atoms with van der Waals surface area (Å²) in [6, 6.07) is 0. The average Bonchev–Trinajstić information content (AvgIpc) is 2.95. The Morgan fingerprint density at radius 3 is 1.16 bits per heavy atom. The largest absolute Gasteiger partial charge is 1.00 e. The van der Waals surface area contributed by atoms with Crippen molar-refractivity contribution < 1.29 is 133 Å². The average molecular weight is 673 g/mol. The smallest absolute Gasteiger partial charge is 0.550 e. The molecular formula is C36H66K2O6. The Morgan fingerprint density at radius 2 is 0.818 bits per heavy atom. The topological polar surface area (TPSA) is 121 Å². The molecule has 0 bridgehead atoms. The second-order valence-corrected chi connectivity index (χ2v) is 11.8. The molecule has 0 spiro atoms. The first-order valence-electron chi connectivity index (χ1n) is 17.4. The van der Waals surface area contributed by atoms with Gasteiger partial charge in [-0.25, -0.2) is 0 Å². The predicted molar refractivity (Wildman–Crippen MR) is 172 cm³/mol. The van der Waals surface area contributed by atoms with Gasteiger partial charge in [0, 0.05) is 11.9 Å². The standard InChI is InChI=1S/2C18H34O3.2K/c2*1-2-3-4-11-14-17(19)15-12-9-7-5-6-8-10-13-16-18(20)21;;/h2*9,12,17,19H,2-8,10-11,13-16H2,1H3,(H,20,21);;/q;;2*+1/p-2/b2*12-9-;;. The zero-order valence-electron chi connectivity index (χ0n) is 29.4. The van der Waals surface area contributed by atoms with Crippen LogP contribution < -0.4 is 113 Å². The minimum Gasteiger partial charge on any atom is -0.550 e. The van der Waals surface area contributed by atoms with Crippen LogP contribution in [0.15, 0.2) is 24.3 Å². The maximum absolute atomic E-state index is 10.2. The van der Waals surface area contributed by atoms with E-state index >= 15 is 0 Å². The van der Waals surface area contributed by atoms with E-state index in [4.69, 9.17) is 0 Å². The number of carboxylic acids is 2. The number of rotatable bonds is 30. The Kier molecular flexibility index (Phi) is 53.2. The molecule has 2 unspecified atom stereocenters. The third-order valence-corrected chi connectivity index (χ3v) is 7.43. The summed E-state index contributed by atoms with van der Waals surface area (Å²) in [5, 5.41) is 40.0. The summed E-state index contributed by atoms with van der Waals surface area (Å²) in [5.41, 5.74) is 0. The molecule has 0 radical (unpaired) electrons. The van der Waals surface area contributed by atoms with Crippen molar-refractivity contribution in [1.29, 1.82) is 0 Å². The van der Waals surface area contributed by atoms with Gasteiger partial charge in [-0.2, -0.15) is 0 Å². The van der Waals surface area contributed by atoms with Gasteiger partial charge in [0.15, 0.2) is 0 Å². The van der Waals surface area contributed by atoms with Crippen LogP contribution >= 0.6 is 0 Å². The summed E-state index contributed by atoms with van der Waals surface area (Å²) < 4.78 is 0. The molecule has 0 aliphatic rings. The normalized spacial score (nSPS) is 12.3. The number of hydrogen-bond donors (Lipinski definition) is 2. The molecule has 2 N–H and O–H groups in total. The molecule has 0 heterocycles. The number of hydrogen-bond acceptors (Lipinski definition) is 6. The number of aliphatic hydroxyl groups excluding tert-OH is 2. The van der Waals surface area contributed by atoms with Gasteiger partial charge < -0.3 is 30.0 Å². The third kappa shape index (κ3) is 50.5.